The normalized spacial score (nSPS) is 13.6. The summed E-state index contributed by atoms with van der Waals surface area (Å²) >= 11 is 1.68. The van der Waals surface area contributed by atoms with Crippen molar-refractivity contribution in [3.63, 3.8) is 0 Å². The Hall–Kier alpha value is -1.65. The molecule has 0 fully saturated rings. The van der Waals surface area contributed by atoms with Crippen molar-refractivity contribution in [2.75, 3.05) is 0 Å². The van der Waals surface area contributed by atoms with E-state index in [1.807, 2.05) is 25.1 Å². The van der Waals surface area contributed by atoms with Crippen LogP contribution in [0.15, 0.2) is 47.2 Å². The molecule has 0 aliphatic carbocycles. The Bertz CT molecular complexity index is 539. The van der Waals surface area contributed by atoms with Crippen molar-refractivity contribution in [2.24, 2.45) is 5.73 Å². The van der Waals surface area contributed by atoms with Crippen molar-refractivity contribution < 1.29 is 4.79 Å². The molecule has 0 spiro atoms. The summed E-state index contributed by atoms with van der Waals surface area (Å²) in [6.07, 6.45) is 2.34. The van der Waals surface area contributed by atoms with Gasteiger partial charge in [0.2, 0.25) is 5.91 Å². The second-order valence-electron chi connectivity index (χ2n) is 5.38. The standard InChI is InChI=1S/C17H22N2OS/c1-13(11-15-9-10-21-12-15)19-17(20)16(18)8-7-14-5-3-2-4-6-14/h2-6,9-10,12-13,16H,7-8,11,18H2,1H3,(H,19,20)/t13?,16-/m0/s1. The van der Waals surface area contributed by atoms with Crippen LogP contribution in [0.4, 0.5) is 0 Å². The first-order chi connectivity index (χ1) is 10.1. The van der Waals surface area contributed by atoms with Crippen molar-refractivity contribution in [3.05, 3.63) is 58.3 Å². The maximum atomic E-state index is 12.1. The largest absolute Gasteiger partial charge is 0.352 e. The predicted molar refractivity (Wildman–Crippen MR) is 88.4 cm³/mol. The molecule has 0 aliphatic heterocycles. The number of hydrogen-bond donors (Lipinski definition) is 2. The number of hydrogen-bond acceptors (Lipinski definition) is 3. The highest BCUT2D eigenvalue weighted by molar-refractivity contribution is 7.07. The predicted octanol–water partition coefficient (Wildman–Crippen LogP) is 2.76. The first-order valence-corrected chi connectivity index (χ1v) is 8.20. The fourth-order valence-corrected chi connectivity index (χ4v) is 2.94. The van der Waals surface area contributed by atoms with Gasteiger partial charge in [-0.1, -0.05) is 30.3 Å². The van der Waals surface area contributed by atoms with E-state index in [0.29, 0.717) is 6.42 Å². The third kappa shape index (κ3) is 5.33. The van der Waals surface area contributed by atoms with Gasteiger partial charge in [0.1, 0.15) is 0 Å². The van der Waals surface area contributed by atoms with Gasteiger partial charge in [-0.05, 0) is 54.1 Å². The topological polar surface area (TPSA) is 55.1 Å². The molecule has 112 valence electrons. The average molecular weight is 302 g/mol. The lowest BCUT2D eigenvalue weighted by Crippen LogP contribution is -2.45. The smallest absolute Gasteiger partial charge is 0.237 e. The van der Waals surface area contributed by atoms with Crippen molar-refractivity contribution in [1.29, 1.82) is 0 Å². The first-order valence-electron chi connectivity index (χ1n) is 7.26. The van der Waals surface area contributed by atoms with Crippen LogP contribution in [-0.2, 0) is 17.6 Å². The lowest BCUT2D eigenvalue weighted by molar-refractivity contribution is -0.123. The molecule has 1 aromatic heterocycles. The van der Waals surface area contributed by atoms with E-state index < -0.39 is 6.04 Å². The molecule has 2 rings (SSSR count). The molecule has 0 bridgehead atoms. The van der Waals surface area contributed by atoms with Crippen LogP contribution in [0, 0.1) is 0 Å². The molecule has 1 aromatic carbocycles. The van der Waals surface area contributed by atoms with E-state index in [4.69, 9.17) is 5.73 Å². The van der Waals surface area contributed by atoms with Gasteiger partial charge in [-0.3, -0.25) is 4.79 Å². The van der Waals surface area contributed by atoms with Gasteiger partial charge < -0.3 is 11.1 Å². The number of carbonyl (C=O) groups is 1. The van der Waals surface area contributed by atoms with Crippen LogP contribution in [0.2, 0.25) is 0 Å². The quantitative estimate of drug-likeness (QED) is 0.826. The lowest BCUT2D eigenvalue weighted by atomic mass is 10.0. The number of thiophene rings is 1. The van der Waals surface area contributed by atoms with E-state index in [1.165, 1.54) is 11.1 Å². The summed E-state index contributed by atoms with van der Waals surface area (Å²) < 4.78 is 0. The van der Waals surface area contributed by atoms with Crippen molar-refractivity contribution >= 4 is 17.2 Å². The van der Waals surface area contributed by atoms with Crippen LogP contribution in [0.5, 0.6) is 0 Å². The molecular weight excluding hydrogens is 280 g/mol. The molecule has 0 saturated carbocycles. The van der Waals surface area contributed by atoms with E-state index in [2.05, 4.69) is 34.3 Å². The fraction of sp³-hybridized carbons (Fsp3) is 0.353. The number of aryl methyl sites for hydroxylation is 1. The second-order valence-corrected chi connectivity index (χ2v) is 6.16. The minimum atomic E-state index is -0.449. The van der Waals surface area contributed by atoms with Gasteiger partial charge in [-0.2, -0.15) is 11.3 Å². The minimum absolute atomic E-state index is 0.0614. The monoisotopic (exact) mass is 302 g/mol. The van der Waals surface area contributed by atoms with E-state index in [1.54, 1.807) is 11.3 Å². The Morgan fingerprint density at radius 2 is 2.00 bits per heavy atom. The number of amides is 1. The van der Waals surface area contributed by atoms with Gasteiger partial charge in [-0.15, -0.1) is 0 Å². The minimum Gasteiger partial charge on any atom is -0.352 e. The van der Waals surface area contributed by atoms with E-state index in [-0.39, 0.29) is 11.9 Å². The third-order valence-corrected chi connectivity index (χ3v) is 4.17. The average Bonchev–Trinajstić information content (AvgIpc) is 2.98. The number of benzene rings is 1. The summed E-state index contributed by atoms with van der Waals surface area (Å²) in [4.78, 5) is 12.1. The Kier molecular flexibility index (Phi) is 5.96. The van der Waals surface area contributed by atoms with Crippen LogP contribution < -0.4 is 11.1 Å². The molecule has 3 nitrogen and oxygen atoms in total. The summed E-state index contributed by atoms with van der Waals surface area (Å²) in [5.41, 5.74) is 8.45. The molecule has 2 aromatic rings. The maximum Gasteiger partial charge on any atom is 0.237 e. The van der Waals surface area contributed by atoms with Gasteiger partial charge in [-0.25, -0.2) is 0 Å². The van der Waals surface area contributed by atoms with E-state index in [9.17, 15) is 4.79 Å². The molecule has 0 radical (unpaired) electrons. The fourth-order valence-electron chi connectivity index (χ4n) is 2.26. The molecule has 3 N–H and O–H groups in total. The molecule has 4 heteroatoms. The highest BCUT2D eigenvalue weighted by Gasteiger charge is 2.15. The zero-order valence-electron chi connectivity index (χ0n) is 12.3. The Morgan fingerprint density at radius 3 is 2.67 bits per heavy atom. The molecule has 2 atom stereocenters. The summed E-state index contributed by atoms with van der Waals surface area (Å²) in [5, 5.41) is 7.16. The molecule has 1 heterocycles. The molecule has 0 saturated heterocycles. The zero-order valence-corrected chi connectivity index (χ0v) is 13.1. The summed E-state index contributed by atoms with van der Waals surface area (Å²) in [6.45, 7) is 2.01. The second kappa shape index (κ2) is 7.96. The van der Waals surface area contributed by atoms with Crippen molar-refractivity contribution in [1.82, 2.24) is 5.32 Å². The van der Waals surface area contributed by atoms with Crippen LogP contribution >= 0.6 is 11.3 Å². The van der Waals surface area contributed by atoms with Crippen molar-refractivity contribution in [2.45, 2.75) is 38.3 Å². The lowest BCUT2D eigenvalue weighted by Gasteiger charge is -2.17. The van der Waals surface area contributed by atoms with Crippen molar-refractivity contribution in [3.8, 4) is 0 Å². The van der Waals surface area contributed by atoms with E-state index >= 15 is 0 Å². The maximum absolute atomic E-state index is 12.1. The molecule has 1 unspecified atom stereocenters. The Labute approximate surface area is 130 Å². The summed E-state index contributed by atoms with van der Waals surface area (Å²) in [6, 6.07) is 11.9. The number of nitrogens with two attached hydrogens (primary N) is 1. The number of rotatable bonds is 7. The zero-order chi connectivity index (χ0) is 15.1. The Morgan fingerprint density at radius 1 is 1.24 bits per heavy atom. The summed E-state index contributed by atoms with van der Waals surface area (Å²) in [7, 11) is 0. The van der Waals surface area contributed by atoms with Crippen LogP contribution in [-0.4, -0.2) is 18.0 Å². The molecular formula is C17H22N2OS. The van der Waals surface area contributed by atoms with Crippen LogP contribution in [0.1, 0.15) is 24.5 Å². The van der Waals surface area contributed by atoms with Gasteiger partial charge >= 0.3 is 0 Å². The number of nitrogens with one attached hydrogen (secondary N) is 1. The highest BCUT2D eigenvalue weighted by atomic mass is 32.1. The number of carbonyl (C=O) groups excluding carboxylic acids is 1. The van der Waals surface area contributed by atoms with Gasteiger partial charge in [0.25, 0.3) is 0 Å². The molecule has 1 amide bonds. The summed E-state index contributed by atoms with van der Waals surface area (Å²) in [5.74, 6) is -0.0614. The van der Waals surface area contributed by atoms with Crippen LogP contribution in [0.25, 0.3) is 0 Å². The van der Waals surface area contributed by atoms with Gasteiger partial charge in [0.05, 0.1) is 6.04 Å². The Balaban J connectivity index is 1.74. The molecule has 21 heavy (non-hydrogen) atoms. The van der Waals surface area contributed by atoms with Gasteiger partial charge in [0, 0.05) is 6.04 Å². The van der Waals surface area contributed by atoms with Gasteiger partial charge in [0.15, 0.2) is 0 Å². The molecule has 0 aliphatic rings. The SMILES string of the molecule is CC(Cc1ccsc1)NC(=O)[C@@H](N)CCc1ccccc1. The third-order valence-electron chi connectivity index (χ3n) is 3.43. The first kappa shape index (κ1) is 15.7. The highest BCUT2D eigenvalue weighted by Crippen LogP contribution is 2.09. The van der Waals surface area contributed by atoms with E-state index in [0.717, 1.165) is 12.8 Å². The van der Waals surface area contributed by atoms with Crippen LogP contribution in [0.3, 0.4) is 0 Å².